The van der Waals surface area contributed by atoms with E-state index in [4.69, 9.17) is 5.73 Å². The van der Waals surface area contributed by atoms with E-state index in [-0.39, 0.29) is 0 Å². The standard InChI is InChI=1S/C14H22N2/c1-11-7-8-16-10-14(11)13-6-4-2-3-5-12(13)9-15/h7-8,10,12-13H,2-6,9,15H2,1H3. The maximum absolute atomic E-state index is 5.93. The summed E-state index contributed by atoms with van der Waals surface area (Å²) in [4.78, 5) is 4.28. The molecular weight excluding hydrogens is 196 g/mol. The zero-order chi connectivity index (χ0) is 11.4. The van der Waals surface area contributed by atoms with E-state index >= 15 is 0 Å². The molecule has 88 valence electrons. The van der Waals surface area contributed by atoms with Gasteiger partial charge in [0, 0.05) is 12.4 Å². The fourth-order valence-corrected chi connectivity index (χ4v) is 2.94. The molecule has 1 saturated carbocycles. The molecule has 0 radical (unpaired) electrons. The second-order valence-electron chi connectivity index (χ2n) is 4.97. The van der Waals surface area contributed by atoms with Crippen LogP contribution >= 0.6 is 0 Å². The monoisotopic (exact) mass is 218 g/mol. The lowest BCUT2D eigenvalue weighted by Gasteiger charge is -2.25. The molecule has 0 saturated heterocycles. The van der Waals surface area contributed by atoms with Crippen LogP contribution in [-0.4, -0.2) is 11.5 Å². The summed E-state index contributed by atoms with van der Waals surface area (Å²) in [7, 11) is 0. The molecule has 0 amide bonds. The SMILES string of the molecule is Cc1ccncc1C1CCCCCC1CN. The maximum Gasteiger partial charge on any atom is 0.0305 e. The van der Waals surface area contributed by atoms with Crippen molar-refractivity contribution in [2.45, 2.75) is 44.9 Å². The Morgan fingerprint density at radius 1 is 1.31 bits per heavy atom. The van der Waals surface area contributed by atoms with Gasteiger partial charge in [-0.2, -0.15) is 0 Å². The molecular formula is C14H22N2. The molecule has 2 nitrogen and oxygen atoms in total. The first kappa shape index (κ1) is 11.6. The van der Waals surface area contributed by atoms with Crippen molar-refractivity contribution in [3.63, 3.8) is 0 Å². The van der Waals surface area contributed by atoms with Gasteiger partial charge in [0.2, 0.25) is 0 Å². The summed E-state index contributed by atoms with van der Waals surface area (Å²) < 4.78 is 0. The molecule has 1 aromatic rings. The minimum atomic E-state index is 0.640. The minimum Gasteiger partial charge on any atom is -0.330 e. The topological polar surface area (TPSA) is 38.9 Å². The lowest BCUT2D eigenvalue weighted by Crippen LogP contribution is -2.21. The molecule has 0 aromatic carbocycles. The summed E-state index contributed by atoms with van der Waals surface area (Å²) in [5, 5.41) is 0. The summed E-state index contributed by atoms with van der Waals surface area (Å²) in [6, 6.07) is 2.12. The van der Waals surface area contributed by atoms with Gasteiger partial charge in [-0.25, -0.2) is 0 Å². The lowest BCUT2D eigenvalue weighted by atomic mass is 9.81. The predicted octanol–water partition coefficient (Wildman–Crippen LogP) is 3.01. The highest BCUT2D eigenvalue weighted by molar-refractivity contribution is 5.26. The second-order valence-corrected chi connectivity index (χ2v) is 4.97. The van der Waals surface area contributed by atoms with Gasteiger partial charge >= 0.3 is 0 Å². The highest BCUT2D eigenvalue weighted by atomic mass is 14.6. The fourth-order valence-electron chi connectivity index (χ4n) is 2.94. The number of hydrogen-bond acceptors (Lipinski definition) is 2. The molecule has 1 aromatic heterocycles. The van der Waals surface area contributed by atoms with E-state index in [1.54, 1.807) is 0 Å². The van der Waals surface area contributed by atoms with E-state index < -0.39 is 0 Å². The lowest BCUT2D eigenvalue weighted by molar-refractivity contribution is 0.406. The van der Waals surface area contributed by atoms with Crippen molar-refractivity contribution >= 4 is 0 Å². The maximum atomic E-state index is 5.93. The van der Waals surface area contributed by atoms with E-state index in [1.807, 2.05) is 12.4 Å². The number of hydrogen-bond donors (Lipinski definition) is 1. The van der Waals surface area contributed by atoms with Crippen LogP contribution in [0.15, 0.2) is 18.5 Å². The average molecular weight is 218 g/mol. The van der Waals surface area contributed by atoms with Crippen molar-refractivity contribution < 1.29 is 0 Å². The number of aromatic nitrogens is 1. The fraction of sp³-hybridized carbons (Fsp3) is 0.643. The highest BCUT2D eigenvalue weighted by Crippen LogP contribution is 2.36. The van der Waals surface area contributed by atoms with E-state index in [1.165, 1.54) is 43.2 Å². The van der Waals surface area contributed by atoms with Crippen LogP contribution in [0.2, 0.25) is 0 Å². The van der Waals surface area contributed by atoms with Gasteiger partial charge in [-0.3, -0.25) is 4.98 Å². The van der Waals surface area contributed by atoms with Crippen LogP contribution in [0.4, 0.5) is 0 Å². The van der Waals surface area contributed by atoms with Crippen molar-refractivity contribution in [2.24, 2.45) is 11.7 Å². The van der Waals surface area contributed by atoms with Crippen LogP contribution in [-0.2, 0) is 0 Å². The first-order chi connectivity index (χ1) is 7.83. The summed E-state index contributed by atoms with van der Waals surface area (Å²) >= 11 is 0. The Kier molecular flexibility index (Phi) is 3.94. The number of nitrogens with zero attached hydrogens (tertiary/aromatic N) is 1. The Morgan fingerprint density at radius 2 is 2.12 bits per heavy atom. The van der Waals surface area contributed by atoms with Gasteiger partial charge in [0.05, 0.1) is 0 Å². The Labute approximate surface area is 98.3 Å². The third-order valence-electron chi connectivity index (χ3n) is 3.94. The van der Waals surface area contributed by atoms with E-state index in [0.717, 1.165) is 6.54 Å². The van der Waals surface area contributed by atoms with Crippen LogP contribution < -0.4 is 5.73 Å². The van der Waals surface area contributed by atoms with Gasteiger partial charge in [-0.15, -0.1) is 0 Å². The van der Waals surface area contributed by atoms with Gasteiger partial charge < -0.3 is 5.73 Å². The Bertz CT molecular complexity index is 335. The van der Waals surface area contributed by atoms with Crippen LogP contribution in [0.25, 0.3) is 0 Å². The van der Waals surface area contributed by atoms with E-state index in [0.29, 0.717) is 11.8 Å². The van der Waals surface area contributed by atoms with Crippen molar-refractivity contribution in [2.75, 3.05) is 6.54 Å². The molecule has 2 atom stereocenters. The predicted molar refractivity (Wildman–Crippen MR) is 67.3 cm³/mol. The first-order valence-electron chi connectivity index (χ1n) is 6.43. The van der Waals surface area contributed by atoms with Gasteiger partial charge in [-0.05, 0) is 55.3 Å². The Hall–Kier alpha value is -0.890. The van der Waals surface area contributed by atoms with Crippen LogP contribution in [0.3, 0.4) is 0 Å². The van der Waals surface area contributed by atoms with Crippen molar-refractivity contribution in [3.05, 3.63) is 29.6 Å². The van der Waals surface area contributed by atoms with E-state index in [9.17, 15) is 0 Å². The molecule has 2 heteroatoms. The van der Waals surface area contributed by atoms with Crippen molar-refractivity contribution in [3.8, 4) is 0 Å². The van der Waals surface area contributed by atoms with Crippen molar-refractivity contribution in [1.82, 2.24) is 4.98 Å². The van der Waals surface area contributed by atoms with Crippen LogP contribution in [0, 0.1) is 12.8 Å². The molecule has 1 heterocycles. The largest absolute Gasteiger partial charge is 0.330 e. The quantitative estimate of drug-likeness (QED) is 0.775. The molecule has 16 heavy (non-hydrogen) atoms. The zero-order valence-electron chi connectivity index (χ0n) is 10.2. The summed E-state index contributed by atoms with van der Waals surface area (Å²) in [5.41, 5.74) is 8.74. The molecule has 2 rings (SSSR count). The second kappa shape index (κ2) is 5.44. The summed E-state index contributed by atoms with van der Waals surface area (Å²) in [6.45, 7) is 3.01. The zero-order valence-corrected chi connectivity index (χ0v) is 10.2. The van der Waals surface area contributed by atoms with Gasteiger partial charge in [-0.1, -0.05) is 19.3 Å². The molecule has 2 N–H and O–H groups in total. The van der Waals surface area contributed by atoms with E-state index in [2.05, 4.69) is 18.0 Å². The average Bonchev–Trinajstić information content (AvgIpc) is 2.54. The smallest absolute Gasteiger partial charge is 0.0305 e. The number of pyridine rings is 1. The first-order valence-corrected chi connectivity index (χ1v) is 6.43. The van der Waals surface area contributed by atoms with Gasteiger partial charge in [0.15, 0.2) is 0 Å². The Balaban J connectivity index is 2.25. The van der Waals surface area contributed by atoms with Crippen molar-refractivity contribution in [1.29, 1.82) is 0 Å². The molecule has 0 bridgehead atoms. The van der Waals surface area contributed by atoms with Crippen LogP contribution in [0.5, 0.6) is 0 Å². The molecule has 0 spiro atoms. The summed E-state index contributed by atoms with van der Waals surface area (Å²) in [6.07, 6.45) is 10.6. The number of nitrogens with two attached hydrogens (primary N) is 1. The Morgan fingerprint density at radius 3 is 2.88 bits per heavy atom. The van der Waals surface area contributed by atoms with Gasteiger partial charge in [0.1, 0.15) is 0 Å². The summed E-state index contributed by atoms with van der Waals surface area (Å²) in [5.74, 6) is 1.30. The van der Waals surface area contributed by atoms with Crippen LogP contribution in [0.1, 0.15) is 49.1 Å². The molecule has 1 fully saturated rings. The number of rotatable bonds is 2. The molecule has 2 unspecified atom stereocenters. The van der Waals surface area contributed by atoms with Gasteiger partial charge in [0.25, 0.3) is 0 Å². The minimum absolute atomic E-state index is 0.640. The third kappa shape index (κ3) is 2.43. The third-order valence-corrected chi connectivity index (χ3v) is 3.94. The highest BCUT2D eigenvalue weighted by Gasteiger charge is 2.25. The number of aryl methyl sites for hydroxylation is 1. The normalized spacial score (nSPS) is 26.4. The molecule has 1 aliphatic rings. The molecule has 1 aliphatic carbocycles. The molecule has 0 aliphatic heterocycles.